The summed E-state index contributed by atoms with van der Waals surface area (Å²) < 4.78 is 40.9. The lowest BCUT2D eigenvalue weighted by molar-refractivity contribution is -0.0327. The zero-order valence-corrected chi connectivity index (χ0v) is 12.1. The zero-order chi connectivity index (χ0) is 15.9. The normalized spacial score (nSPS) is 12.5. The van der Waals surface area contributed by atoms with Crippen LogP contribution in [0.1, 0.15) is 11.1 Å². The summed E-state index contributed by atoms with van der Waals surface area (Å²) in [6, 6.07) is 5.05. The maximum Gasteiger partial charge on any atom is 0.441 e. The molecule has 0 atom stereocenters. The van der Waals surface area contributed by atoms with E-state index in [9.17, 15) is 13.2 Å². The molecule has 4 N–H and O–H groups in total. The fourth-order valence-corrected chi connectivity index (χ4v) is 2.07. The Kier molecular flexibility index (Phi) is 6.63. The highest BCUT2D eigenvalue weighted by Crippen LogP contribution is 2.29. The summed E-state index contributed by atoms with van der Waals surface area (Å²) in [5.41, 5.74) is 2.53. The molecule has 0 heterocycles. The van der Waals surface area contributed by atoms with Gasteiger partial charge in [-0.25, -0.2) is 0 Å². The van der Waals surface area contributed by atoms with Gasteiger partial charge in [-0.1, -0.05) is 11.2 Å². The quantitative estimate of drug-likeness (QED) is 0.235. The zero-order valence-electron chi connectivity index (χ0n) is 11.3. The summed E-state index contributed by atoms with van der Waals surface area (Å²) in [5, 5.41) is 14.5. The van der Waals surface area contributed by atoms with Crippen molar-refractivity contribution in [1.29, 1.82) is 0 Å². The van der Waals surface area contributed by atoms with Crippen molar-refractivity contribution in [2.45, 2.75) is 12.1 Å². The van der Waals surface area contributed by atoms with Crippen molar-refractivity contribution in [1.82, 2.24) is 5.32 Å². The number of oxime groups is 1. The van der Waals surface area contributed by atoms with E-state index in [1.165, 1.54) is 7.11 Å². The molecule has 0 spiro atoms. The summed E-state index contributed by atoms with van der Waals surface area (Å²) in [7, 11) is 1.45. The first-order valence-electron chi connectivity index (χ1n) is 5.93. The molecule has 0 aromatic heterocycles. The smallest absolute Gasteiger partial charge is 0.441 e. The van der Waals surface area contributed by atoms with E-state index in [-0.39, 0.29) is 29.9 Å². The molecule has 1 aromatic carbocycles. The highest BCUT2D eigenvalue weighted by Gasteiger charge is 2.27. The Morgan fingerprint density at radius 1 is 1.48 bits per heavy atom. The molecule has 0 amide bonds. The van der Waals surface area contributed by atoms with Gasteiger partial charge < -0.3 is 21.0 Å². The summed E-state index contributed by atoms with van der Waals surface area (Å²) in [5.74, 6) is 0.287. The van der Waals surface area contributed by atoms with Crippen LogP contribution in [0.4, 0.5) is 13.2 Å². The number of nitrogens with zero attached hydrogens (tertiary/aromatic N) is 1. The number of rotatable bonds is 7. The molecule has 0 aliphatic rings. The minimum Gasteiger partial charge on any atom is -0.496 e. The standard InChI is InChI=1S/C12H16F3N3O2S/c1-20-10-3-2-8(6-9(10)11(16)18-19)7-17-4-5-21-12(13,14)15/h2-3,6,17,19H,4-5,7H2,1H3,(H2,16,18). The van der Waals surface area contributed by atoms with Crippen LogP contribution < -0.4 is 15.8 Å². The third-order valence-electron chi connectivity index (χ3n) is 2.52. The van der Waals surface area contributed by atoms with Crippen molar-refractivity contribution in [3.05, 3.63) is 29.3 Å². The molecule has 0 saturated carbocycles. The van der Waals surface area contributed by atoms with Crippen LogP contribution in [0.15, 0.2) is 23.4 Å². The molecule has 1 rings (SSSR count). The molecular formula is C12H16F3N3O2S. The maximum absolute atomic E-state index is 11.9. The van der Waals surface area contributed by atoms with Gasteiger partial charge in [-0.15, -0.1) is 0 Å². The second-order valence-corrected chi connectivity index (χ2v) is 5.15. The van der Waals surface area contributed by atoms with Crippen molar-refractivity contribution in [2.24, 2.45) is 10.9 Å². The molecule has 118 valence electrons. The van der Waals surface area contributed by atoms with Gasteiger partial charge in [0.05, 0.1) is 12.7 Å². The predicted molar refractivity (Wildman–Crippen MR) is 75.7 cm³/mol. The Bertz CT molecular complexity index is 495. The van der Waals surface area contributed by atoms with Crippen LogP contribution in [0.25, 0.3) is 0 Å². The first kappa shape index (κ1) is 17.4. The number of hydrogen-bond donors (Lipinski definition) is 3. The molecule has 21 heavy (non-hydrogen) atoms. The van der Waals surface area contributed by atoms with E-state index in [2.05, 4.69) is 10.5 Å². The highest BCUT2D eigenvalue weighted by atomic mass is 32.2. The lowest BCUT2D eigenvalue weighted by Crippen LogP contribution is -2.19. The third-order valence-corrected chi connectivity index (χ3v) is 3.26. The van der Waals surface area contributed by atoms with Crippen LogP contribution in [-0.4, -0.2) is 36.0 Å². The van der Waals surface area contributed by atoms with E-state index in [1.54, 1.807) is 18.2 Å². The molecule has 0 aliphatic heterocycles. The molecule has 0 unspecified atom stereocenters. The number of alkyl halides is 3. The van der Waals surface area contributed by atoms with Crippen LogP contribution in [0.5, 0.6) is 5.75 Å². The summed E-state index contributed by atoms with van der Waals surface area (Å²) in [6.45, 7) is 0.587. The number of ether oxygens (including phenoxy) is 1. The average Bonchev–Trinajstić information content (AvgIpc) is 2.44. The molecular weight excluding hydrogens is 307 g/mol. The van der Waals surface area contributed by atoms with Gasteiger partial charge in [0, 0.05) is 18.8 Å². The molecule has 0 fully saturated rings. The second kappa shape index (κ2) is 7.99. The molecule has 0 aliphatic carbocycles. The van der Waals surface area contributed by atoms with Crippen molar-refractivity contribution in [2.75, 3.05) is 19.4 Å². The number of halogens is 3. The Morgan fingerprint density at radius 2 is 2.19 bits per heavy atom. The minimum atomic E-state index is -4.21. The van der Waals surface area contributed by atoms with Crippen LogP contribution in [0, 0.1) is 0 Å². The van der Waals surface area contributed by atoms with Gasteiger partial charge in [-0.05, 0) is 29.5 Å². The van der Waals surface area contributed by atoms with E-state index < -0.39 is 5.51 Å². The average molecular weight is 323 g/mol. The highest BCUT2D eigenvalue weighted by molar-refractivity contribution is 8.00. The maximum atomic E-state index is 11.9. The van der Waals surface area contributed by atoms with Gasteiger partial charge in [0.2, 0.25) is 0 Å². The second-order valence-electron chi connectivity index (χ2n) is 3.99. The van der Waals surface area contributed by atoms with E-state index in [0.29, 0.717) is 17.9 Å². The van der Waals surface area contributed by atoms with Gasteiger partial charge in [0.1, 0.15) is 5.75 Å². The van der Waals surface area contributed by atoms with E-state index in [4.69, 9.17) is 15.7 Å². The van der Waals surface area contributed by atoms with Crippen LogP contribution >= 0.6 is 11.8 Å². The van der Waals surface area contributed by atoms with Gasteiger partial charge in [-0.2, -0.15) is 13.2 Å². The first-order valence-corrected chi connectivity index (χ1v) is 6.92. The summed E-state index contributed by atoms with van der Waals surface area (Å²) >= 11 is -0.0682. The van der Waals surface area contributed by atoms with Gasteiger partial charge in [-0.3, -0.25) is 0 Å². The summed E-state index contributed by atoms with van der Waals surface area (Å²) in [6.07, 6.45) is 0. The molecule has 9 heteroatoms. The Morgan fingerprint density at radius 3 is 2.76 bits per heavy atom. The number of amidine groups is 1. The molecule has 1 aromatic rings. The van der Waals surface area contributed by atoms with Crippen LogP contribution in [-0.2, 0) is 6.54 Å². The van der Waals surface area contributed by atoms with E-state index in [1.807, 2.05) is 0 Å². The Labute approximate surface area is 124 Å². The molecule has 5 nitrogen and oxygen atoms in total. The number of nitrogens with two attached hydrogens (primary N) is 1. The van der Waals surface area contributed by atoms with Gasteiger partial charge in [0.25, 0.3) is 0 Å². The number of thioether (sulfide) groups is 1. The first-order chi connectivity index (χ1) is 9.87. The Hall–Kier alpha value is -1.61. The largest absolute Gasteiger partial charge is 0.496 e. The molecule has 0 bridgehead atoms. The van der Waals surface area contributed by atoms with Crippen molar-refractivity contribution < 1.29 is 23.1 Å². The number of benzene rings is 1. The fourth-order valence-electron chi connectivity index (χ4n) is 1.59. The predicted octanol–water partition coefficient (Wildman–Crippen LogP) is 2.13. The monoisotopic (exact) mass is 323 g/mol. The van der Waals surface area contributed by atoms with Crippen molar-refractivity contribution in [3.8, 4) is 5.75 Å². The molecule has 0 saturated heterocycles. The number of hydrogen-bond acceptors (Lipinski definition) is 5. The SMILES string of the molecule is COc1ccc(CNCCSC(F)(F)F)cc1/C(N)=N/O. The van der Waals surface area contributed by atoms with Gasteiger partial charge in [0.15, 0.2) is 5.84 Å². The van der Waals surface area contributed by atoms with E-state index >= 15 is 0 Å². The lowest BCUT2D eigenvalue weighted by atomic mass is 10.1. The number of methoxy groups -OCH3 is 1. The minimum absolute atomic E-state index is 0.0627. The van der Waals surface area contributed by atoms with Gasteiger partial charge >= 0.3 is 5.51 Å². The Balaban J connectivity index is 2.57. The van der Waals surface area contributed by atoms with Crippen molar-refractivity contribution >= 4 is 17.6 Å². The summed E-state index contributed by atoms with van der Waals surface area (Å²) in [4.78, 5) is 0. The lowest BCUT2D eigenvalue weighted by Gasteiger charge is -2.11. The van der Waals surface area contributed by atoms with E-state index in [0.717, 1.165) is 5.56 Å². The fraction of sp³-hybridized carbons (Fsp3) is 0.417. The van der Waals surface area contributed by atoms with Crippen molar-refractivity contribution in [3.63, 3.8) is 0 Å². The number of nitrogens with one attached hydrogen (secondary N) is 1. The van der Waals surface area contributed by atoms with Crippen LogP contribution in [0.2, 0.25) is 0 Å². The topological polar surface area (TPSA) is 79.9 Å². The van der Waals surface area contributed by atoms with Crippen LogP contribution in [0.3, 0.4) is 0 Å². The third kappa shape index (κ3) is 6.13. The molecule has 0 radical (unpaired) electrons.